The van der Waals surface area contributed by atoms with E-state index in [1.807, 2.05) is 44.2 Å². The molecule has 0 aliphatic heterocycles. The second-order valence-electron chi connectivity index (χ2n) is 7.67. The molecule has 0 spiro atoms. The van der Waals surface area contributed by atoms with Gasteiger partial charge in [-0.25, -0.2) is 4.79 Å². The van der Waals surface area contributed by atoms with Crippen LogP contribution in [-0.4, -0.2) is 47.6 Å². The minimum atomic E-state index is -1.10. The number of aliphatic carboxylic acids is 1. The summed E-state index contributed by atoms with van der Waals surface area (Å²) in [5.41, 5.74) is 12.4. The smallest absolute Gasteiger partial charge is 0.326 e. The third kappa shape index (κ3) is 9.54. The van der Waals surface area contributed by atoms with Crippen molar-refractivity contribution >= 4 is 17.8 Å². The fourth-order valence-corrected chi connectivity index (χ4v) is 2.97. The van der Waals surface area contributed by atoms with Crippen LogP contribution in [0.2, 0.25) is 0 Å². The van der Waals surface area contributed by atoms with Gasteiger partial charge in [-0.1, -0.05) is 44.2 Å². The number of hydrogen-bond acceptors (Lipinski definition) is 5. The van der Waals surface area contributed by atoms with Gasteiger partial charge in [-0.2, -0.15) is 0 Å². The number of carbonyl (C=O) groups excluding carboxylic acids is 2. The largest absolute Gasteiger partial charge is 0.480 e. The second-order valence-corrected chi connectivity index (χ2v) is 7.67. The van der Waals surface area contributed by atoms with Crippen molar-refractivity contribution in [2.45, 2.75) is 64.1 Å². The molecule has 1 rings (SSSR count). The predicted molar refractivity (Wildman–Crippen MR) is 112 cm³/mol. The van der Waals surface area contributed by atoms with E-state index < -0.39 is 35.9 Å². The van der Waals surface area contributed by atoms with Gasteiger partial charge in [0, 0.05) is 0 Å². The highest BCUT2D eigenvalue weighted by molar-refractivity contribution is 5.91. The quantitative estimate of drug-likeness (QED) is 0.306. The summed E-state index contributed by atoms with van der Waals surface area (Å²) in [6.45, 7) is 4.23. The van der Waals surface area contributed by atoms with Gasteiger partial charge in [0.1, 0.15) is 12.1 Å². The van der Waals surface area contributed by atoms with Crippen molar-refractivity contribution in [1.29, 1.82) is 0 Å². The zero-order chi connectivity index (χ0) is 21.8. The normalized spacial score (nSPS) is 14.1. The van der Waals surface area contributed by atoms with Gasteiger partial charge in [-0.3, -0.25) is 9.59 Å². The van der Waals surface area contributed by atoms with Crippen molar-refractivity contribution in [1.82, 2.24) is 10.6 Å². The molecule has 3 atom stereocenters. The number of nitrogens with two attached hydrogens (primary N) is 2. The lowest BCUT2D eigenvalue weighted by molar-refractivity contribution is -0.142. The molecule has 0 saturated heterocycles. The lowest BCUT2D eigenvalue weighted by Gasteiger charge is -2.23. The van der Waals surface area contributed by atoms with Gasteiger partial charge in [0.15, 0.2) is 0 Å². The summed E-state index contributed by atoms with van der Waals surface area (Å²) in [6, 6.07) is 6.69. The molecular formula is C21H34N4O4. The van der Waals surface area contributed by atoms with Gasteiger partial charge in [-0.05, 0) is 50.1 Å². The third-order valence-corrected chi connectivity index (χ3v) is 4.54. The number of amides is 2. The van der Waals surface area contributed by atoms with Gasteiger partial charge < -0.3 is 27.2 Å². The molecule has 0 radical (unpaired) electrons. The van der Waals surface area contributed by atoms with E-state index in [4.69, 9.17) is 11.5 Å². The van der Waals surface area contributed by atoms with E-state index in [-0.39, 0.29) is 5.92 Å². The molecule has 1 aromatic rings. The summed E-state index contributed by atoms with van der Waals surface area (Å²) in [7, 11) is 0. The fourth-order valence-electron chi connectivity index (χ4n) is 2.97. The van der Waals surface area contributed by atoms with Crippen molar-refractivity contribution < 1.29 is 19.5 Å². The second kappa shape index (κ2) is 12.9. The van der Waals surface area contributed by atoms with Crippen molar-refractivity contribution in [2.75, 3.05) is 6.54 Å². The summed E-state index contributed by atoms with van der Waals surface area (Å²) >= 11 is 0. The van der Waals surface area contributed by atoms with Crippen molar-refractivity contribution in [3.63, 3.8) is 0 Å². The molecule has 0 heterocycles. The van der Waals surface area contributed by atoms with E-state index in [0.29, 0.717) is 38.6 Å². The highest BCUT2D eigenvalue weighted by atomic mass is 16.4. The maximum atomic E-state index is 12.7. The van der Waals surface area contributed by atoms with E-state index in [1.54, 1.807) is 0 Å². The molecule has 0 aromatic heterocycles. The minimum absolute atomic E-state index is 0.0981. The molecule has 29 heavy (non-hydrogen) atoms. The summed E-state index contributed by atoms with van der Waals surface area (Å²) in [4.78, 5) is 36.7. The first-order valence-corrected chi connectivity index (χ1v) is 10.1. The lowest BCUT2D eigenvalue weighted by Crippen LogP contribution is -2.55. The average Bonchev–Trinajstić information content (AvgIpc) is 2.66. The SMILES string of the molecule is CC(C)C[C@H](NC(=O)[C@H](CCCCN)NC(=O)[C@@H](N)Cc1ccccc1)C(=O)O. The molecule has 0 saturated carbocycles. The maximum Gasteiger partial charge on any atom is 0.326 e. The molecule has 8 heteroatoms. The third-order valence-electron chi connectivity index (χ3n) is 4.54. The summed E-state index contributed by atoms with van der Waals surface area (Å²) in [5, 5.41) is 14.6. The average molecular weight is 407 g/mol. The number of unbranched alkanes of at least 4 members (excludes halogenated alkanes) is 1. The van der Waals surface area contributed by atoms with Crippen molar-refractivity contribution in [3.05, 3.63) is 35.9 Å². The van der Waals surface area contributed by atoms with E-state index in [2.05, 4.69) is 10.6 Å². The number of carbonyl (C=O) groups is 3. The zero-order valence-corrected chi connectivity index (χ0v) is 17.3. The van der Waals surface area contributed by atoms with Crippen LogP contribution in [0.15, 0.2) is 30.3 Å². The van der Waals surface area contributed by atoms with E-state index in [0.717, 1.165) is 5.56 Å². The molecular weight excluding hydrogens is 372 g/mol. The standard InChI is InChI=1S/C21H34N4O4/c1-14(2)12-18(21(28)29)25-20(27)17(10-6-7-11-22)24-19(26)16(23)13-15-8-4-3-5-9-15/h3-5,8-9,14,16-18H,6-7,10-13,22-23H2,1-2H3,(H,24,26)(H,25,27)(H,28,29)/t16-,17-,18-/m0/s1. The molecule has 1 aromatic carbocycles. The monoisotopic (exact) mass is 406 g/mol. The van der Waals surface area contributed by atoms with Crippen LogP contribution in [0.5, 0.6) is 0 Å². The van der Waals surface area contributed by atoms with Crippen LogP contribution >= 0.6 is 0 Å². The Kier molecular flexibility index (Phi) is 10.9. The Morgan fingerprint density at radius 1 is 1.00 bits per heavy atom. The Morgan fingerprint density at radius 3 is 2.17 bits per heavy atom. The van der Waals surface area contributed by atoms with Gasteiger partial charge in [-0.15, -0.1) is 0 Å². The van der Waals surface area contributed by atoms with Crippen LogP contribution in [0, 0.1) is 5.92 Å². The van der Waals surface area contributed by atoms with Gasteiger partial charge in [0.2, 0.25) is 11.8 Å². The van der Waals surface area contributed by atoms with Crippen LogP contribution in [0.4, 0.5) is 0 Å². The minimum Gasteiger partial charge on any atom is -0.480 e. The van der Waals surface area contributed by atoms with Gasteiger partial charge in [0.05, 0.1) is 6.04 Å². The number of nitrogens with one attached hydrogen (secondary N) is 2. The first-order chi connectivity index (χ1) is 13.7. The summed E-state index contributed by atoms with van der Waals surface area (Å²) in [5.74, 6) is -1.96. The Hall–Kier alpha value is -2.45. The van der Waals surface area contributed by atoms with Crippen LogP contribution in [0.3, 0.4) is 0 Å². The van der Waals surface area contributed by atoms with Crippen LogP contribution in [0.25, 0.3) is 0 Å². The number of carboxylic acids is 1. The van der Waals surface area contributed by atoms with Crippen LogP contribution < -0.4 is 22.1 Å². The Labute approximate surface area is 172 Å². The Bertz CT molecular complexity index is 651. The molecule has 0 unspecified atom stereocenters. The number of rotatable bonds is 13. The molecule has 162 valence electrons. The van der Waals surface area contributed by atoms with Crippen molar-refractivity contribution in [2.24, 2.45) is 17.4 Å². The van der Waals surface area contributed by atoms with E-state index in [1.165, 1.54) is 0 Å². The topological polar surface area (TPSA) is 148 Å². The van der Waals surface area contributed by atoms with Gasteiger partial charge in [0.25, 0.3) is 0 Å². The summed E-state index contributed by atoms with van der Waals surface area (Å²) < 4.78 is 0. The maximum absolute atomic E-state index is 12.7. The molecule has 2 amide bonds. The van der Waals surface area contributed by atoms with E-state index >= 15 is 0 Å². The van der Waals surface area contributed by atoms with Crippen LogP contribution in [0.1, 0.15) is 45.1 Å². The first-order valence-electron chi connectivity index (χ1n) is 10.1. The highest BCUT2D eigenvalue weighted by Crippen LogP contribution is 2.08. The van der Waals surface area contributed by atoms with Gasteiger partial charge >= 0.3 is 5.97 Å². The van der Waals surface area contributed by atoms with E-state index in [9.17, 15) is 19.5 Å². The molecule has 8 nitrogen and oxygen atoms in total. The predicted octanol–water partition coefficient (Wildman–Crippen LogP) is 0.786. The number of benzene rings is 1. The molecule has 0 aliphatic carbocycles. The van der Waals surface area contributed by atoms with Crippen molar-refractivity contribution in [3.8, 4) is 0 Å². The molecule has 7 N–H and O–H groups in total. The molecule has 0 bridgehead atoms. The first kappa shape index (κ1) is 24.6. The number of hydrogen-bond donors (Lipinski definition) is 5. The highest BCUT2D eigenvalue weighted by Gasteiger charge is 2.28. The fraction of sp³-hybridized carbons (Fsp3) is 0.571. The summed E-state index contributed by atoms with van der Waals surface area (Å²) in [6.07, 6.45) is 2.34. The molecule has 0 fully saturated rings. The Morgan fingerprint density at radius 2 is 1.62 bits per heavy atom. The lowest BCUT2D eigenvalue weighted by atomic mass is 10.0. The van der Waals surface area contributed by atoms with Crippen LogP contribution in [-0.2, 0) is 20.8 Å². The number of carboxylic acid groups (broad SMARTS) is 1. The molecule has 0 aliphatic rings. The zero-order valence-electron chi connectivity index (χ0n) is 17.3. The Balaban J connectivity index is 2.77.